The summed E-state index contributed by atoms with van der Waals surface area (Å²) in [5.74, 6) is 0.674. The van der Waals surface area contributed by atoms with Crippen LogP contribution in [0.2, 0.25) is 0 Å². The van der Waals surface area contributed by atoms with Crippen LogP contribution in [-0.4, -0.2) is 34.9 Å². The Morgan fingerprint density at radius 2 is 2.04 bits per heavy atom. The number of hydrogen-bond acceptors (Lipinski definition) is 4. The second kappa shape index (κ2) is 10.3. The molecule has 0 spiro atoms. The molecular formula is C20H29ClN4O2. The second-order valence-corrected chi connectivity index (χ2v) is 6.83. The van der Waals surface area contributed by atoms with Crippen LogP contribution in [0.25, 0.3) is 5.69 Å². The number of aromatic nitrogens is 2. The molecule has 1 aliphatic rings. The van der Waals surface area contributed by atoms with Gasteiger partial charge in [-0.05, 0) is 43.9 Å². The van der Waals surface area contributed by atoms with E-state index in [1.54, 1.807) is 10.9 Å². The number of carbonyl (C=O) groups is 1. The minimum absolute atomic E-state index is 0. The van der Waals surface area contributed by atoms with Crippen LogP contribution in [0.3, 0.4) is 0 Å². The van der Waals surface area contributed by atoms with E-state index in [1.807, 2.05) is 37.3 Å². The van der Waals surface area contributed by atoms with E-state index in [1.165, 1.54) is 6.42 Å². The zero-order valence-corrected chi connectivity index (χ0v) is 16.6. The lowest BCUT2D eigenvalue weighted by molar-refractivity contribution is 0.0898. The van der Waals surface area contributed by atoms with Crippen LogP contribution < -0.4 is 15.8 Å². The Bertz CT molecular complexity index is 720. The smallest absolute Gasteiger partial charge is 0.275 e. The molecule has 0 radical (unpaired) electrons. The molecule has 1 aliphatic carbocycles. The number of hydrogen-bond donors (Lipinski definition) is 2. The Morgan fingerprint density at radius 1 is 1.30 bits per heavy atom. The van der Waals surface area contributed by atoms with Crippen LogP contribution in [-0.2, 0) is 0 Å². The van der Waals surface area contributed by atoms with Crippen molar-refractivity contribution in [1.29, 1.82) is 0 Å². The Balaban J connectivity index is 0.00000261. The highest BCUT2D eigenvalue weighted by molar-refractivity contribution is 5.95. The molecule has 1 aromatic heterocycles. The Morgan fingerprint density at radius 3 is 2.74 bits per heavy atom. The van der Waals surface area contributed by atoms with Crippen molar-refractivity contribution in [2.75, 3.05) is 13.2 Å². The topological polar surface area (TPSA) is 82.2 Å². The molecule has 3 rings (SSSR count). The number of halogens is 1. The third-order valence-corrected chi connectivity index (χ3v) is 4.91. The average Bonchev–Trinajstić information content (AvgIpc) is 3.12. The number of nitrogens with two attached hydrogens (primary N) is 1. The fraction of sp³-hybridized carbons (Fsp3) is 0.500. The average molecular weight is 393 g/mol. The van der Waals surface area contributed by atoms with Gasteiger partial charge in [0.05, 0.1) is 18.5 Å². The molecule has 1 aromatic carbocycles. The van der Waals surface area contributed by atoms with Gasteiger partial charge in [0, 0.05) is 6.04 Å². The third kappa shape index (κ3) is 5.23. The molecule has 1 heterocycles. The molecule has 1 saturated carbocycles. The first-order valence-corrected chi connectivity index (χ1v) is 9.51. The van der Waals surface area contributed by atoms with Gasteiger partial charge in [-0.3, -0.25) is 4.79 Å². The summed E-state index contributed by atoms with van der Waals surface area (Å²) in [5.41, 5.74) is 7.12. The van der Waals surface area contributed by atoms with Gasteiger partial charge in [0.1, 0.15) is 0 Å². The van der Waals surface area contributed by atoms with Gasteiger partial charge >= 0.3 is 0 Å². The van der Waals surface area contributed by atoms with Crippen LogP contribution in [0.15, 0.2) is 36.5 Å². The summed E-state index contributed by atoms with van der Waals surface area (Å²) in [5, 5.41) is 7.64. The van der Waals surface area contributed by atoms with Crippen LogP contribution in [0, 0.1) is 5.92 Å². The van der Waals surface area contributed by atoms with Gasteiger partial charge in [-0.15, -0.1) is 12.4 Å². The summed E-state index contributed by atoms with van der Waals surface area (Å²) in [6.45, 7) is 3.19. The van der Waals surface area contributed by atoms with Crippen molar-refractivity contribution in [3.05, 3.63) is 42.2 Å². The lowest BCUT2D eigenvalue weighted by Crippen LogP contribution is -2.44. The van der Waals surface area contributed by atoms with Crippen molar-refractivity contribution >= 4 is 18.3 Å². The third-order valence-electron chi connectivity index (χ3n) is 4.91. The van der Waals surface area contributed by atoms with E-state index in [2.05, 4.69) is 10.4 Å². The number of rotatable bonds is 7. The van der Waals surface area contributed by atoms with Crippen LogP contribution in [0.5, 0.6) is 5.75 Å². The van der Waals surface area contributed by atoms with E-state index < -0.39 is 0 Å². The lowest BCUT2D eigenvalue weighted by Gasteiger charge is -2.31. The summed E-state index contributed by atoms with van der Waals surface area (Å²) in [4.78, 5) is 12.9. The van der Waals surface area contributed by atoms with E-state index in [4.69, 9.17) is 10.5 Å². The zero-order chi connectivity index (χ0) is 18.4. The second-order valence-electron chi connectivity index (χ2n) is 6.83. The molecule has 6 nitrogen and oxygen atoms in total. The number of para-hydroxylation sites is 1. The molecule has 1 amide bonds. The Labute approximate surface area is 166 Å². The van der Waals surface area contributed by atoms with Gasteiger partial charge in [0.2, 0.25) is 0 Å². The zero-order valence-electron chi connectivity index (χ0n) is 15.8. The van der Waals surface area contributed by atoms with E-state index >= 15 is 0 Å². The maximum atomic E-state index is 12.9. The quantitative estimate of drug-likeness (QED) is 0.757. The van der Waals surface area contributed by atoms with Gasteiger partial charge in [-0.1, -0.05) is 38.0 Å². The van der Waals surface area contributed by atoms with Crippen molar-refractivity contribution in [2.45, 2.75) is 45.1 Å². The standard InChI is InChI=1S/C20H28N4O2.ClH/c1-2-12-26-18-14-24(16-9-4-3-5-10-16)23-19(18)20(25)22-17-11-7-6-8-15(17)13-21;/h3-5,9-10,14-15,17H,2,6-8,11-13,21H2,1H3,(H,22,25);1H. The molecule has 2 aromatic rings. The lowest BCUT2D eigenvalue weighted by atomic mass is 9.84. The minimum atomic E-state index is -0.184. The number of amides is 1. The first kappa shape index (κ1) is 21.3. The molecule has 0 bridgehead atoms. The molecule has 3 N–H and O–H groups in total. The number of ether oxygens (including phenoxy) is 1. The highest BCUT2D eigenvalue weighted by Gasteiger charge is 2.28. The number of carbonyl (C=O) groups excluding carboxylic acids is 1. The predicted molar refractivity (Wildman–Crippen MR) is 109 cm³/mol. The summed E-state index contributed by atoms with van der Waals surface area (Å²) in [6, 6.07) is 9.84. The normalized spacial score (nSPS) is 19.2. The van der Waals surface area contributed by atoms with Crippen molar-refractivity contribution in [2.24, 2.45) is 11.7 Å². The summed E-state index contributed by atoms with van der Waals surface area (Å²) in [6.07, 6.45) is 6.99. The first-order chi connectivity index (χ1) is 12.7. The summed E-state index contributed by atoms with van der Waals surface area (Å²) in [7, 11) is 0. The fourth-order valence-electron chi connectivity index (χ4n) is 3.46. The maximum absolute atomic E-state index is 12.9. The van der Waals surface area contributed by atoms with Crippen molar-refractivity contribution in [1.82, 2.24) is 15.1 Å². The molecule has 1 fully saturated rings. The Kier molecular flexibility index (Phi) is 8.13. The molecule has 148 valence electrons. The molecule has 27 heavy (non-hydrogen) atoms. The highest BCUT2D eigenvalue weighted by Crippen LogP contribution is 2.25. The molecule has 2 unspecified atom stereocenters. The Hall–Kier alpha value is -2.05. The molecule has 2 atom stereocenters. The van der Waals surface area contributed by atoms with Crippen LogP contribution in [0.4, 0.5) is 0 Å². The van der Waals surface area contributed by atoms with Crippen LogP contribution >= 0.6 is 12.4 Å². The largest absolute Gasteiger partial charge is 0.489 e. The fourth-order valence-corrected chi connectivity index (χ4v) is 3.46. The molecule has 0 aliphatic heterocycles. The first-order valence-electron chi connectivity index (χ1n) is 9.51. The number of nitrogens with zero attached hydrogens (tertiary/aromatic N) is 2. The van der Waals surface area contributed by atoms with Gasteiger partial charge in [-0.2, -0.15) is 5.10 Å². The van der Waals surface area contributed by atoms with Gasteiger partial charge < -0.3 is 15.8 Å². The number of nitrogens with one attached hydrogen (secondary N) is 1. The molecule has 0 saturated heterocycles. The summed E-state index contributed by atoms with van der Waals surface area (Å²) < 4.78 is 7.48. The molecule has 7 heteroatoms. The van der Waals surface area contributed by atoms with Crippen molar-refractivity contribution < 1.29 is 9.53 Å². The number of benzene rings is 1. The van der Waals surface area contributed by atoms with Crippen molar-refractivity contribution in [3.8, 4) is 11.4 Å². The monoisotopic (exact) mass is 392 g/mol. The van der Waals surface area contributed by atoms with E-state index in [0.29, 0.717) is 30.5 Å². The van der Waals surface area contributed by atoms with Gasteiger partial charge in [-0.25, -0.2) is 4.68 Å². The van der Waals surface area contributed by atoms with Gasteiger partial charge in [0.15, 0.2) is 11.4 Å². The minimum Gasteiger partial charge on any atom is -0.489 e. The van der Waals surface area contributed by atoms with Crippen molar-refractivity contribution in [3.63, 3.8) is 0 Å². The van der Waals surface area contributed by atoms with Crippen LogP contribution in [0.1, 0.15) is 49.5 Å². The van der Waals surface area contributed by atoms with Gasteiger partial charge in [0.25, 0.3) is 5.91 Å². The predicted octanol–water partition coefficient (Wildman–Crippen LogP) is 3.33. The maximum Gasteiger partial charge on any atom is 0.275 e. The van der Waals surface area contributed by atoms with E-state index in [0.717, 1.165) is 31.4 Å². The van der Waals surface area contributed by atoms with E-state index in [-0.39, 0.29) is 24.4 Å². The van der Waals surface area contributed by atoms with E-state index in [9.17, 15) is 4.79 Å². The molecular weight excluding hydrogens is 364 g/mol. The SMILES string of the molecule is CCCOc1cn(-c2ccccc2)nc1C(=O)NC1CCCCC1CN.Cl. The highest BCUT2D eigenvalue weighted by atomic mass is 35.5. The summed E-state index contributed by atoms with van der Waals surface area (Å²) >= 11 is 0.